The van der Waals surface area contributed by atoms with Gasteiger partial charge in [-0.3, -0.25) is 0 Å². The van der Waals surface area contributed by atoms with E-state index in [1.165, 1.54) is 0 Å². The smallest absolute Gasteiger partial charge is 0.128 e. The number of hydrogen-bond donors (Lipinski definition) is 1. The van der Waals surface area contributed by atoms with Crippen molar-refractivity contribution in [2.45, 2.75) is 31.8 Å². The van der Waals surface area contributed by atoms with E-state index in [0.29, 0.717) is 5.02 Å². The number of nitrogens with zero attached hydrogens (tertiary/aromatic N) is 1. The van der Waals surface area contributed by atoms with Crippen molar-refractivity contribution in [2.75, 3.05) is 18.6 Å². The fourth-order valence-electron chi connectivity index (χ4n) is 3.09. The average Bonchev–Trinajstić information content (AvgIpc) is 2.92. The van der Waals surface area contributed by atoms with Crippen molar-refractivity contribution in [3.63, 3.8) is 0 Å². The Balaban J connectivity index is 2.28. The zero-order valence-electron chi connectivity index (χ0n) is 14.8. The maximum Gasteiger partial charge on any atom is 0.128 e. The van der Waals surface area contributed by atoms with Crippen LogP contribution in [0, 0.1) is 6.92 Å². The third-order valence-corrected chi connectivity index (χ3v) is 5.61. The number of aliphatic hydroxyl groups excluding tert-OH is 1. The number of benzene rings is 2. The SMILES string of the molecule is CCN1/C(=C/C(C)O)Sc2ccc(OC)c(-c3cc(C)ccc3Cl)c21. The first-order chi connectivity index (χ1) is 12.0. The molecule has 1 N–H and O–H groups in total. The van der Waals surface area contributed by atoms with Crippen LogP contribution in [0.3, 0.4) is 0 Å². The van der Waals surface area contributed by atoms with Crippen molar-refractivity contribution in [3.05, 3.63) is 52.0 Å². The summed E-state index contributed by atoms with van der Waals surface area (Å²) in [6, 6.07) is 10.1. The van der Waals surface area contributed by atoms with Gasteiger partial charge in [0.05, 0.1) is 29.5 Å². The van der Waals surface area contributed by atoms with Gasteiger partial charge in [0.1, 0.15) is 5.75 Å². The van der Waals surface area contributed by atoms with Gasteiger partial charge in [-0.05, 0) is 51.1 Å². The number of halogens is 1. The largest absolute Gasteiger partial charge is 0.496 e. The van der Waals surface area contributed by atoms with E-state index < -0.39 is 6.10 Å². The summed E-state index contributed by atoms with van der Waals surface area (Å²) in [6.07, 6.45) is 1.38. The van der Waals surface area contributed by atoms with Crippen molar-refractivity contribution in [1.82, 2.24) is 0 Å². The Kier molecular flexibility index (Phi) is 5.32. The second-order valence-electron chi connectivity index (χ2n) is 6.06. The van der Waals surface area contributed by atoms with Crippen LogP contribution in [0.2, 0.25) is 5.02 Å². The molecular weight excluding hydrogens is 354 g/mol. The molecule has 0 saturated heterocycles. The van der Waals surface area contributed by atoms with Crippen molar-refractivity contribution in [2.24, 2.45) is 0 Å². The molecule has 2 aromatic rings. The van der Waals surface area contributed by atoms with E-state index in [-0.39, 0.29) is 0 Å². The normalized spacial score (nSPS) is 16.2. The lowest BCUT2D eigenvalue weighted by molar-refractivity contribution is 0.243. The minimum absolute atomic E-state index is 0.501. The highest BCUT2D eigenvalue weighted by molar-refractivity contribution is 8.03. The molecule has 0 aromatic heterocycles. The second-order valence-corrected chi connectivity index (χ2v) is 7.53. The molecule has 132 valence electrons. The maximum atomic E-state index is 9.81. The van der Waals surface area contributed by atoms with Gasteiger partial charge in [0.15, 0.2) is 0 Å². The summed E-state index contributed by atoms with van der Waals surface area (Å²) in [4.78, 5) is 3.35. The number of fused-ring (bicyclic) bond motifs is 1. The topological polar surface area (TPSA) is 32.7 Å². The van der Waals surface area contributed by atoms with Crippen LogP contribution in [0.15, 0.2) is 46.3 Å². The maximum absolute atomic E-state index is 9.81. The third-order valence-electron chi connectivity index (χ3n) is 4.16. The van der Waals surface area contributed by atoms with Gasteiger partial charge in [0.2, 0.25) is 0 Å². The van der Waals surface area contributed by atoms with Crippen LogP contribution in [0.25, 0.3) is 11.1 Å². The standard InChI is InChI=1S/C20H22ClNO2S/c1-5-22-18(11-13(3)23)25-17-9-8-16(24-4)19(20(17)22)14-10-12(2)6-7-15(14)21/h6-11,13,23H,5H2,1-4H3/b18-11-. The molecule has 0 radical (unpaired) electrons. The fraction of sp³-hybridized carbons (Fsp3) is 0.300. The van der Waals surface area contributed by atoms with Crippen LogP contribution in [0.5, 0.6) is 5.75 Å². The Morgan fingerprint density at radius 2 is 2.08 bits per heavy atom. The predicted molar refractivity (Wildman–Crippen MR) is 107 cm³/mol. The molecule has 2 aromatic carbocycles. The minimum atomic E-state index is -0.501. The van der Waals surface area contributed by atoms with Gasteiger partial charge in [-0.25, -0.2) is 0 Å². The third kappa shape index (κ3) is 3.39. The van der Waals surface area contributed by atoms with Crippen LogP contribution < -0.4 is 9.64 Å². The summed E-state index contributed by atoms with van der Waals surface area (Å²) in [5.74, 6) is 0.795. The van der Waals surface area contributed by atoms with Crippen LogP contribution in [0.4, 0.5) is 5.69 Å². The van der Waals surface area contributed by atoms with E-state index in [4.69, 9.17) is 16.3 Å². The molecule has 1 aliphatic rings. The summed E-state index contributed by atoms with van der Waals surface area (Å²) in [5.41, 5.74) is 4.20. The van der Waals surface area contributed by atoms with Gasteiger partial charge in [-0.15, -0.1) is 0 Å². The number of aryl methyl sites for hydroxylation is 1. The van der Waals surface area contributed by atoms with Gasteiger partial charge in [0.25, 0.3) is 0 Å². The van der Waals surface area contributed by atoms with Gasteiger partial charge < -0.3 is 14.7 Å². The van der Waals surface area contributed by atoms with E-state index in [1.807, 2.05) is 24.3 Å². The van der Waals surface area contributed by atoms with Gasteiger partial charge in [-0.1, -0.05) is 35.0 Å². The van der Waals surface area contributed by atoms with Gasteiger partial charge >= 0.3 is 0 Å². The Bertz CT molecular complexity index is 833. The Labute approximate surface area is 158 Å². The van der Waals surface area contributed by atoms with Gasteiger partial charge in [0, 0.05) is 22.0 Å². The van der Waals surface area contributed by atoms with Crippen LogP contribution in [-0.2, 0) is 0 Å². The first-order valence-corrected chi connectivity index (χ1v) is 9.48. The molecule has 0 saturated carbocycles. The van der Waals surface area contributed by atoms with Crippen molar-refractivity contribution in [3.8, 4) is 16.9 Å². The number of hydrogen-bond acceptors (Lipinski definition) is 4. The Hall–Kier alpha value is -1.62. The number of anilines is 1. The predicted octanol–water partition coefficient (Wildman–Crippen LogP) is 5.48. The van der Waals surface area contributed by atoms with E-state index in [1.54, 1.807) is 25.8 Å². The van der Waals surface area contributed by atoms with Gasteiger partial charge in [-0.2, -0.15) is 0 Å². The molecule has 0 fully saturated rings. The number of ether oxygens (including phenoxy) is 1. The lowest BCUT2D eigenvalue weighted by atomic mass is 9.99. The summed E-state index contributed by atoms with van der Waals surface area (Å²) >= 11 is 8.20. The van der Waals surface area contributed by atoms with Crippen LogP contribution in [0.1, 0.15) is 19.4 Å². The molecule has 0 bridgehead atoms. The summed E-state index contributed by atoms with van der Waals surface area (Å²) in [7, 11) is 1.68. The quantitative estimate of drug-likeness (QED) is 0.767. The first kappa shape index (κ1) is 18.2. The molecule has 1 heterocycles. The van der Waals surface area contributed by atoms with Crippen molar-refractivity contribution in [1.29, 1.82) is 0 Å². The number of aliphatic hydroxyl groups is 1. The first-order valence-electron chi connectivity index (χ1n) is 8.29. The van der Waals surface area contributed by atoms with Crippen molar-refractivity contribution < 1.29 is 9.84 Å². The summed E-state index contributed by atoms with van der Waals surface area (Å²) < 4.78 is 5.67. The Morgan fingerprint density at radius 3 is 2.72 bits per heavy atom. The molecule has 5 heteroatoms. The highest BCUT2D eigenvalue weighted by Crippen LogP contribution is 2.54. The number of methoxy groups -OCH3 is 1. The molecule has 0 aliphatic carbocycles. The monoisotopic (exact) mass is 375 g/mol. The van der Waals surface area contributed by atoms with E-state index in [2.05, 4.69) is 30.9 Å². The number of rotatable bonds is 4. The summed E-state index contributed by atoms with van der Waals surface area (Å²) in [6.45, 7) is 6.72. The van der Waals surface area contributed by atoms with Crippen LogP contribution in [-0.4, -0.2) is 24.9 Å². The molecule has 0 amide bonds. The Morgan fingerprint density at radius 1 is 1.32 bits per heavy atom. The molecule has 1 atom stereocenters. The fourth-order valence-corrected chi connectivity index (χ4v) is 4.57. The van der Waals surface area contributed by atoms with Crippen LogP contribution >= 0.6 is 23.4 Å². The second kappa shape index (κ2) is 7.32. The highest BCUT2D eigenvalue weighted by atomic mass is 35.5. The zero-order chi connectivity index (χ0) is 18.1. The van der Waals surface area contributed by atoms with Crippen molar-refractivity contribution >= 4 is 29.1 Å². The van der Waals surface area contributed by atoms with E-state index >= 15 is 0 Å². The molecule has 3 rings (SSSR count). The molecule has 1 unspecified atom stereocenters. The minimum Gasteiger partial charge on any atom is -0.496 e. The lowest BCUT2D eigenvalue weighted by Crippen LogP contribution is -2.18. The zero-order valence-corrected chi connectivity index (χ0v) is 16.4. The van der Waals surface area contributed by atoms with E-state index in [9.17, 15) is 5.11 Å². The molecule has 1 aliphatic heterocycles. The summed E-state index contributed by atoms with van der Waals surface area (Å²) in [5, 5.41) is 11.5. The highest BCUT2D eigenvalue weighted by Gasteiger charge is 2.30. The van der Waals surface area contributed by atoms with E-state index in [0.717, 1.165) is 44.6 Å². The molecular formula is C20H22ClNO2S. The lowest BCUT2D eigenvalue weighted by Gasteiger charge is -2.23. The number of thioether (sulfide) groups is 1. The molecule has 0 spiro atoms. The average molecular weight is 376 g/mol. The molecule has 3 nitrogen and oxygen atoms in total. The molecule has 25 heavy (non-hydrogen) atoms.